The molecular weight excluding hydrogens is 326 g/mol. The number of benzene rings is 1. The number of carboxylic acid groups (broad SMARTS) is 1. The van der Waals surface area contributed by atoms with Gasteiger partial charge in [-0.3, -0.25) is 4.72 Å². The van der Waals surface area contributed by atoms with Crippen LogP contribution in [0.15, 0.2) is 23.1 Å². The number of rotatable bonds is 4. The molecule has 0 saturated heterocycles. The molecule has 0 radical (unpaired) electrons. The maximum absolute atomic E-state index is 12.1. The first kappa shape index (κ1) is 14.7. The van der Waals surface area contributed by atoms with Crippen LogP contribution in [-0.2, 0) is 10.0 Å². The average Bonchev–Trinajstić information content (AvgIpc) is 2.73. The Labute approximate surface area is 123 Å². The molecular formula is C10H8ClN3O4S2. The van der Waals surface area contributed by atoms with Gasteiger partial charge in [-0.15, -0.1) is 0 Å². The fourth-order valence-corrected chi connectivity index (χ4v) is 3.37. The fourth-order valence-electron chi connectivity index (χ4n) is 1.35. The zero-order valence-corrected chi connectivity index (χ0v) is 12.4. The monoisotopic (exact) mass is 333 g/mol. The second-order valence-corrected chi connectivity index (χ2v) is 6.54. The number of aromatic nitrogens is 2. The molecule has 20 heavy (non-hydrogen) atoms. The third-order valence-corrected chi connectivity index (χ3v) is 4.74. The predicted octanol–water partition coefficient (Wildman–Crippen LogP) is 2.00. The molecule has 7 nitrogen and oxygen atoms in total. The Morgan fingerprint density at radius 1 is 1.45 bits per heavy atom. The summed E-state index contributed by atoms with van der Waals surface area (Å²) in [5.41, 5.74) is -0.289. The largest absolute Gasteiger partial charge is 0.478 e. The highest BCUT2D eigenvalue weighted by Gasteiger charge is 2.19. The van der Waals surface area contributed by atoms with E-state index in [9.17, 15) is 13.2 Å². The first-order valence-corrected chi connectivity index (χ1v) is 7.79. The Kier molecular flexibility index (Phi) is 3.93. The van der Waals surface area contributed by atoms with Crippen LogP contribution in [0.2, 0.25) is 5.02 Å². The minimum absolute atomic E-state index is 0.0387. The van der Waals surface area contributed by atoms with E-state index in [1.165, 1.54) is 12.1 Å². The van der Waals surface area contributed by atoms with Crippen molar-refractivity contribution in [3.8, 4) is 0 Å². The molecule has 1 aromatic heterocycles. The molecule has 0 atom stereocenters. The minimum atomic E-state index is -3.94. The van der Waals surface area contributed by atoms with E-state index in [0.29, 0.717) is 5.82 Å². The topological polar surface area (TPSA) is 109 Å². The predicted molar refractivity (Wildman–Crippen MR) is 73.9 cm³/mol. The molecule has 0 spiro atoms. The van der Waals surface area contributed by atoms with Crippen molar-refractivity contribution in [1.29, 1.82) is 0 Å². The van der Waals surface area contributed by atoms with Crippen LogP contribution < -0.4 is 4.72 Å². The SMILES string of the molecule is Cc1nsc(NS(=O)(=O)c2ccc(Cl)c(C(=O)O)c2)n1. The van der Waals surface area contributed by atoms with Gasteiger partial charge in [0.2, 0.25) is 5.13 Å². The van der Waals surface area contributed by atoms with Crippen molar-refractivity contribution in [3.63, 3.8) is 0 Å². The van der Waals surface area contributed by atoms with Crippen LogP contribution in [0.3, 0.4) is 0 Å². The summed E-state index contributed by atoms with van der Waals surface area (Å²) in [6.07, 6.45) is 0. The van der Waals surface area contributed by atoms with E-state index in [1.54, 1.807) is 6.92 Å². The molecule has 1 heterocycles. The lowest BCUT2D eigenvalue weighted by Gasteiger charge is -2.06. The van der Waals surface area contributed by atoms with Crippen LogP contribution in [-0.4, -0.2) is 28.9 Å². The molecule has 0 aliphatic rings. The van der Waals surface area contributed by atoms with Crippen molar-refractivity contribution in [1.82, 2.24) is 9.36 Å². The van der Waals surface area contributed by atoms with Crippen molar-refractivity contribution < 1.29 is 18.3 Å². The van der Waals surface area contributed by atoms with Crippen molar-refractivity contribution in [2.45, 2.75) is 11.8 Å². The molecule has 2 N–H and O–H groups in total. The molecule has 0 amide bonds. The Hall–Kier alpha value is -1.71. The van der Waals surface area contributed by atoms with E-state index in [1.807, 2.05) is 0 Å². The molecule has 106 valence electrons. The van der Waals surface area contributed by atoms with E-state index in [4.69, 9.17) is 16.7 Å². The van der Waals surface area contributed by atoms with Gasteiger partial charge in [0.05, 0.1) is 15.5 Å². The van der Waals surface area contributed by atoms with Crippen LogP contribution >= 0.6 is 23.1 Å². The standard InChI is InChI=1S/C10H8ClN3O4S2/c1-5-12-10(19-13-5)14-20(17,18)6-2-3-8(11)7(4-6)9(15)16/h2-4H,1H3,(H,15,16)(H,12,13,14). The molecule has 0 bridgehead atoms. The molecule has 0 saturated carbocycles. The van der Waals surface area contributed by atoms with Crippen molar-refractivity contribution in [2.75, 3.05) is 4.72 Å². The molecule has 1 aromatic carbocycles. The summed E-state index contributed by atoms with van der Waals surface area (Å²) < 4.78 is 30.2. The van der Waals surface area contributed by atoms with E-state index < -0.39 is 16.0 Å². The maximum atomic E-state index is 12.1. The first-order valence-electron chi connectivity index (χ1n) is 5.15. The third-order valence-electron chi connectivity index (χ3n) is 2.23. The van der Waals surface area contributed by atoms with Crippen LogP contribution in [0.1, 0.15) is 16.2 Å². The van der Waals surface area contributed by atoms with Gasteiger partial charge < -0.3 is 5.11 Å². The van der Waals surface area contributed by atoms with Crippen molar-refractivity contribution in [3.05, 3.63) is 34.6 Å². The van der Waals surface area contributed by atoms with Crippen LogP contribution in [0, 0.1) is 6.92 Å². The van der Waals surface area contributed by atoms with Crippen LogP contribution in [0.4, 0.5) is 5.13 Å². The third kappa shape index (κ3) is 3.06. The molecule has 2 aromatic rings. The van der Waals surface area contributed by atoms with Gasteiger partial charge in [0, 0.05) is 11.5 Å². The van der Waals surface area contributed by atoms with E-state index in [-0.39, 0.29) is 20.6 Å². The highest BCUT2D eigenvalue weighted by molar-refractivity contribution is 7.93. The van der Waals surface area contributed by atoms with Gasteiger partial charge in [0.1, 0.15) is 5.82 Å². The smallest absolute Gasteiger partial charge is 0.337 e. The van der Waals surface area contributed by atoms with Gasteiger partial charge in [-0.05, 0) is 25.1 Å². The quantitative estimate of drug-likeness (QED) is 0.885. The van der Waals surface area contributed by atoms with Crippen LogP contribution in [0.25, 0.3) is 0 Å². The maximum Gasteiger partial charge on any atom is 0.337 e. The van der Waals surface area contributed by atoms with Gasteiger partial charge >= 0.3 is 5.97 Å². The van der Waals surface area contributed by atoms with Gasteiger partial charge in [-0.1, -0.05) is 11.6 Å². The number of carbonyl (C=O) groups is 1. The second-order valence-electron chi connectivity index (χ2n) is 3.70. The van der Waals surface area contributed by atoms with Gasteiger partial charge in [-0.25, -0.2) is 18.2 Å². The van der Waals surface area contributed by atoms with E-state index in [0.717, 1.165) is 17.6 Å². The zero-order chi connectivity index (χ0) is 14.9. The van der Waals surface area contributed by atoms with E-state index in [2.05, 4.69) is 14.1 Å². The summed E-state index contributed by atoms with van der Waals surface area (Å²) in [5, 5.41) is 9.00. The summed E-state index contributed by atoms with van der Waals surface area (Å²) in [6.45, 7) is 1.62. The molecule has 0 unspecified atom stereocenters. The fraction of sp³-hybridized carbons (Fsp3) is 0.100. The average molecular weight is 334 g/mol. The number of carboxylic acids is 1. The number of sulfonamides is 1. The summed E-state index contributed by atoms with van der Waals surface area (Å²) in [4.78, 5) is 14.6. The number of hydrogen-bond acceptors (Lipinski definition) is 6. The first-order chi connectivity index (χ1) is 9.29. The Balaban J connectivity index is 2.39. The number of aromatic carboxylic acids is 1. The highest BCUT2D eigenvalue weighted by Crippen LogP contribution is 2.23. The summed E-state index contributed by atoms with van der Waals surface area (Å²) >= 11 is 6.58. The number of aryl methyl sites for hydroxylation is 1. The number of nitrogens with zero attached hydrogens (tertiary/aromatic N) is 2. The highest BCUT2D eigenvalue weighted by atomic mass is 35.5. The number of halogens is 1. The van der Waals surface area contributed by atoms with Gasteiger partial charge in [0.25, 0.3) is 10.0 Å². The number of hydrogen-bond donors (Lipinski definition) is 2. The second kappa shape index (κ2) is 5.35. The lowest BCUT2D eigenvalue weighted by atomic mass is 10.2. The Morgan fingerprint density at radius 2 is 2.15 bits per heavy atom. The van der Waals surface area contributed by atoms with E-state index >= 15 is 0 Å². The summed E-state index contributed by atoms with van der Waals surface area (Å²) in [5.74, 6) is -0.867. The normalized spacial score (nSPS) is 11.3. The minimum Gasteiger partial charge on any atom is -0.478 e. The lowest BCUT2D eigenvalue weighted by molar-refractivity contribution is 0.0697. The zero-order valence-electron chi connectivity index (χ0n) is 9.99. The molecule has 2 rings (SSSR count). The summed E-state index contributed by atoms with van der Waals surface area (Å²) in [6, 6.07) is 3.41. The Morgan fingerprint density at radius 3 is 2.70 bits per heavy atom. The van der Waals surface area contributed by atoms with Crippen molar-refractivity contribution in [2.24, 2.45) is 0 Å². The van der Waals surface area contributed by atoms with Gasteiger partial charge in [0.15, 0.2) is 0 Å². The summed E-state index contributed by atoms with van der Waals surface area (Å²) in [7, 11) is -3.94. The lowest BCUT2D eigenvalue weighted by Crippen LogP contribution is -2.13. The van der Waals surface area contributed by atoms with Crippen molar-refractivity contribution >= 4 is 44.3 Å². The Bertz CT molecular complexity index is 773. The number of nitrogens with one attached hydrogen (secondary N) is 1. The van der Waals surface area contributed by atoms with Gasteiger partial charge in [-0.2, -0.15) is 4.37 Å². The molecule has 0 fully saturated rings. The van der Waals surface area contributed by atoms with Crippen LogP contribution in [0.5, 0.6) is 0 Å². The number of anilines is 1. The molecule has 0 aliphatic heterocycles. The molecule has 0 aliphatic carbocycles. The molecule has 10 heteroatoms.